The fraction of sp³-hybridized carbons (Fsp3) is 0.222. The molecule has 0 amide bonds. The van der Waals surface area contributed by atoms with Gasteiger partial charge in [-0.2, -0.15) is 4.99 Å². The summed E-state index contributed by atoms with van der Waals surface area (Å²) >= 11 is 1.74. The summed E-state index contributed by atoms with van der Waals surface area (Å²) in [5, 5.41) is 0. The molecule has 1 unspecified atom stereocenters. The number of thioether (sulfide) groups is 1. The van der Waals surface area contributed by atoms with Gasteiger partial charge in [0.2, 0.25) is 6.08 Å². The number of isocyanates is 1. The summed E-state index contributed by atoms with van der Waals surface area (Å²) in [5.74, 6) is 0.870. The van der Waals surface area contributed by atoms with Gasteiger partial charge in [0, 0.05) is 10.6 Å². The molecule has 0 aliphatic carbocycles. The zero-order chi connectivity index (χ0) is 8.39. The van der Waals surface area contributed by atoms with Crippen LogP contribution < -0.4 is 0 Å². The highest BCUT2D eigenvalue weighted by Crippen LogP contribution is 2.39. The third kappa shape index (κ3) is 1.17. The molecule has 12 heavy (non-hydrogen) atoms. The first kappa shape index (κ1) is 7.59. The van der Waals surface area contributed by atoms with Crippen molar-refractivity contribution in [3.8, 4) is 0 Å². The molecule has 0 fully saturated rings. The van der Waals surface area contributed by atoms with Gasteiger partial charge in [0.05, 0.1) is 6.04 Å². The second-order valence-corrected chi connectivity index (χ2v) is 3.65. The summed E-state index contributed by atoms with van der Waals surface area (Å²) in [4.78, 5) is 15.0. The Morgan fingerprint density at radius 3 is 3.17 bits per heavy atom. The van der Waals surface area contributed by atoms with Crippen LogP contribution in [0.4, 0.5) is 0 Å². The van der Waals surface area contributed by atoms with E-state index in [4.69, 9.17) is 0 Å². The summed E-state index contributed by atoms with van der Waals surface area (Å²) in [6.45, 7) is 0. The molecular formula is C9H7NOS. The number of carbonyl (C=O) groups excluding carboxylic acids is 1. The van der Waals surface area contributed by atoms with E-state index in [9.17, 15) is 4.79 Å². The molecule has 60 valence electrons. The van der Waals surface area contributed by atoms with E-state index in [1.807, 2.05) is 18.2 Å². The predicted octanol–water partition coefficient (Wildman–Crippen LogP) is 2.17. The first-order valence-electron chi connectivity index (χ1n) is 3.70. The van der Waals surface area contributed by atoms with Crippen molar-refractivity contribution in [1.82, 2.24) is 0 Å². The smallest absolute Gasteiger partial charge is 0.211 e. The van der Waals surface area contributed by atoms with Crippen LogP contribution in [0.1, 0.15) is 11.6 Å². The molecule has 3 heteroatoms. The number of hydrogen-bond donors (Lipinski definition) is 0. The lowest BCUT2D eigenvalue weighted by molar-refractivity contribution is 0.560. The molecule has 0 bridgehead atoms. The van der Waals surface area contributed by atoms with E-state index in [0.29, 0.717) is 0 Å². The molecule has 0 radical (unpaired) electrons. The minimum Gasteiger partial charge on any atom is -0.211 e. The molecule has 0 aromatic heterocycles. The Hall–Kier alpha value is -1.05. The molecule has 1 atom stereocenters. The van der Waals surface area contributed by atoms with E-state index >= 15 is 0 Å². The largest absolute Gasteiger partial charge is 0.235 e. The summed E-state index contributed by atoms with van der Waals surface area (Å²) in [6.07, 6.45) is 1.61. The molecule has 1 aliphatic rings. The van der Waals surface area contributed by atoms with Gasteiger partial charge in [0.15, 0.2) is 0 Å². The topological polar surface area (TPSA) is 29.4 Å². The molecule has 0 N–H and O–H groups in total. The van der Waals surface area contributed by atoms with Crippen LogP contribution in [-0.4, -0.2) is 11.8 Å². The van der Waals surface area contributed by atoms with Crippen molar-refractivity contribution in [1.29, 1.82) is 0 Å². The van der Waals surface area contributed by atoms with Gasteiger partial charge in [-0.1, -0.05) is 18.2 Å². The number of rotatable bonds is 1. The van der Waals surface area contributed by atoms with E-state index in [-0.39, 0.29) is 6.04 Å². The molecule has 1 heterocycles. The summed E-state index contributed by atoms with van der Waals surface area (Å²) < 4.78 is 0. The molecule has 0 spiro atoms. The summed E-state index contributed by atoms with van der Waals surface area (Å²) in [6, 6.07) is 8.07. The Labute approximate surface area is 74.7 Å². The minimum atomic E-state index is 0.0312. The maximum atomic E-state index is 10.1. The van der Waals surface area contributed by atoms with Crippen molar-refractivity contribution in [3.05, 3.63) is 29.8 Å². The highest BCUT2D eigenvalue weighted by Gasteiger charge is 2.21. The summed E-state index contributed by atoms with van der Waals surface area (Å²) in [5.41, 5.74) is 1.16. The van der Waals surface area contributed by atoms with Crippen molar-refractivity contribution in [3.63, 3.8) is 0 Å². The second-order valence-electron chi connectivity index (χ2n) is 2.59. The quantitative estimate of drug-likeness (QED) is 0.486. The van der Waals surface area contributed by atoms with E-state index in [2.05, 4.69) is 11.1 Å². The molecule has 2 rings (SSSR count). The van der Waals surface area contributed by atoms with Gasteiger partial charge in [-0.05, 0) is 11.6 Å². The third-order valence-electron chi connectivity index (χ3n) is 1.88. The van der Waals surface area contributed by atoms with Crippen LogP contribution in [0.25, 0.3) is 0 Å². The van der Waals surface area contributed by atoms with Crippen molar-refractivity contribution in [2.45, 2.75) is 10.9 Å². The Bertz CT molecular complexity index is 344. The maximum absolute atomic E-state index is 10.1. The lowest BCUT2D eigenvalue weighted by Gasteiger charge is -1.99. The fourth-order valence-corrected chi connectivity index (χ4v) is 2.45. The zero-order valence-corrected chi connectivity index (χ0v) is 7.17. The van der Waals surface area contributed by atoms with Gasteiger partial charge in [-0.15, -0.1) is 11.8 Å². The van der Waals surface area contributed by atoms with E-state index in [0.717, 1.165) is 11.3 Å². The van der Waals surface area contributed by atoms with Gasteiger partial charge in [0.1, 0.15) is 0 Å². The molecule has 2 nitrogen and oxygen atoms in total. The Morgan fingerprint density at radius 1 is 1.50 bits per heavy atom. The average molecular weight is 177 g/mol. The van der Waals surface area contributed by atoms with E-state index in [1.54, 1.807) is 17.8 Å². The van der Waals surface area contributed by atoms with E-state index < -0.39 is 0 Å². The van der Waals surface area contributed by atoms with Gasteiger partial charge in [-0.25, -0.2) is 4.79 Å². The van der Waals surface area contributed by atoms with Gasteiger partial charge in [-0.3, -0.25) is 0 Å². The molecule has 0 saturated heterocycles. The average Bonchev–Trinajstić information content (AvgIpc) is 2.50. The monoisotopic (exact) mass is 177 g/mol. The molecule has 1 aromatic carbocycles. The lowest BCUT2D eigenvalue weighted by atomic mass is 10.1. The first-order valence-corrected chi connectivity index (χ1v) is 4.69. The number of fused-ring (bicyclic) bond motifs is 1. The number of nitrogens with zero attached hydrogens (tertiary/aromatic N) is 1. The molecular weight excluding hydrogens is 170 g/mol. The first-order chi connectivity index (χ1) is 5.92. The van der Waals surface area contributed by atoms with Gasteiger partial charge >= 0.3 is 0 Å². The Balaban J connectivity index is 2.42. The minimum absolute atomic E-state index is 0.0312. The summed E-state index contributed by atoms with van der Waals surface area (Å²) in [7, 11) is 0. The van der Waals surface area contributed by atoms with Crippen LogP contribution in [0.3, 0.4) is 0 Å². The third-order valence-corrected chi connectivity index (χ3v) is 3.05. The SMILES string of the molecule is O=C=NC1CSc2ccccc21. The maximum Gasteiger partial charge on any atom is 0.235 e. The van der Waals surface area contributed by atoms with Crippen molar-refractivity contribution in [2.24, 2.45) is 4.99 Å². The predicted molar refractivity (Wildman–Crippen MR) is 48.0 cm³/mol. The van der Waals surface area contributed by atoms with Crippen LogP contribution in [0.2, 0.25) is 0 Å². The van der Waals surface area contributed by atoms with Crippen LogP contribution in [0, 0.1) is 0 Å². The highest BCUT2D eigenvalue weighted by molar-refractivity contribution is 7.99. The second kappa shape index (κ2) is 3.13. The van der Waals surface area contributed by atoms with Crippen LogP contribution >= 0.6 is 11.8 Å². The fourth-order valence-electron chi connectivity index (χ4n) is 1.32. The van der Waals surface area contributed by atoms with Crippen LogP contribution in [0.15, 0.2) is 34.2 Å². The standard InChI is InChI=1S/C9H7NOS/c11-6-10-8-5-12-9-4-2-1-3-7(8)9/h1-4,8H,5H2. The van der Waals surface area contributed by atoms with E-state index in [1.165, 1.54) is 4.90 Å². The molecule has 0 saturated carbocycles. The number of hydrogen-bond acceptors (Lipinski definition) is 3. The van der Waals surface area contributed by atoms with Gasteiger partial charge < -0.3 is 0 Å². The van der Waals surface area contributed by atoms with Crippen LogP contribution in [0.5, 0.6) is 0 Å². The zero-order valence-electron chi connectivity index (χ0n) is 6.36. The molecule has 1 aromatic rings. The normalized spacial score (nSPS) is 19.8. The lowest BCUT2D eigenvalue weighted by Crippen LogP contribution is -1.90. The van der Waals surface area contributed by atoms with Crippen molar-refractivity contribution in [2.75, 3.05) is 5.75 Å². The highest BCUT2D eigenvalue weighted by atomic mass is 32.2. The van der Waals surface area contributed by atoms with Gasteiger partial charge in [0.25, 0.3) is 0 Å². The number of benzene rings is 1. The molecule has 1 aliphatic heterocycles. The van der Waals surface area contributed by atoms with Crippen molar-refractivity contribution < 1.29 is 4.79 Å². The Morgan fingerprint density at radius 2 is 2.33 bits per heavy atom. The Kier molecular flexibility index (Phi) is 1.98. The van der Waals surface area contributed by atoms with Crippen LogP contribution in [-0.2, 0) is 4.79 Å². The van der Waals surface area contributed by atoms with Crippen molar-refractivity contribution >= 4 is 17.8 Å². The number of aliphatic imine (C=N–C) groups is 1.